The first-order chi connectivity index (χ1) is 7.08. The van der Waals surface area contributed by atoms with Crippen LogP contribution in [0.2, 0.25) is 0 Å². The Labute approximate surface area is 85.7 Å². The first-order valence-corrected chi connectivity index (χ1v) is 4.43. The smallest absolute Gasteiger partial charge is 0.335 e. The number of carboxylic acids is 1. The van der Waals surface area contributed by atoms with E-state index in [4.69, 9.17) is 9.84 Å². The maximum atomic E-state index is 11.3. The minimum Gasteiger partial charge on any atom is -0.479 e. The lowest BCUT2D eigenvalue weighted by Gasteiger charge is -2.23. The van der Waals surface area contributed by atoms with Crippen LogP contribution in [0.15, 0.2) is 18.2 Å². The minimum atomic E-state index is -1.04. The Morgan fingerprint density at radius 3 is 2.93 bits per heavy atom. The summed E-state index contributed by atoms with van der Waals surface area (Å²) in [7, 11) is 0. The number of ether oxygens (including phenoxy) is 1. The highest BCUT2D eigenvalue weighted by atomic mass is 16.5. The highest BCUT2D eigenvalue weighted by Crippen LogP contribution is 2.30. The van der Waals surface area contributed by atoms with Gasteiger partial charge in [0.1, 0.15) is 5.75 Å². The molecule has 1 amide bonds. The van der Waals surface area contributed by atoms with Crippen LogP contribution in [0.5, 0.6) is 5.75 Å². The SMILES string of the molecule is C[C@@H]1Oc2ccc(C(=O)O)cc2NC1=O. The van der Waals surface area contributed by atoms with Crippen molar-refractivity contribution < 1.29 is 19.4 Å². The summed E-state index contributed by atoms with van der Waals surface area (Å²) in [5.41, 5.74) is 0.519. The molecule has 5 heteroatoms. The molecule has 2 rings (SSSR count). The molecule has 2 N–H and O–H groups in total. The normalized spacial score (nSPS) is 18.7. The van der Waals surface area contributed by atoms with Crippen LogP contribution in [0.3, 0.4) is 0 Å². The van der Waals surface area contributed by atoms with Crippen molar-refractivity contribution in [1.29, 1.82) is 0 Å². The number of amides is 1. The molecule has 1 aromatic rings. The van der Waals surface area contributed by atoms with Crippen molar-refractivity contribution in [1.82, 2.24) is 0 Å². The molecule has 1 aromatic carbocycles. The van der Waals surface area contributed by atoms with E-state index in [0.29, 0.717) is 11.4 Å². The second-order valence-corrected chi connectivity index (χ2v) is 3.27. The Balaban J connectivity index is 2.41. The lowest BCUT2D eigenvalue weighted by Crippen LogP contribution is -2.34. The first-order valence-electron chi connectivity index (χ1n) is 4.43. The minimum absolute atomic E-state index is 0.118. The molecule has 0 unspecified atom stereocenters. The number of carbonyl (C=O) groups is 2. The van der Waals surface area contributed by atoms with E-state index in [1.807, 2.05) is 0 Å². The number of benzene rings is 1. The van der Waals surface area contributed by atoms with Crippen LogP contribution in [-0.2, 0) is 4.79 Å². The van der Waals surface area contributed by atoms with Gasteiger partial charge in [-0.25, -0.2) is 4.79 Å². The molecule has 5 nitrogen and oxygen atoms in total. The number of hydrogen-bond donors (Lipinski definition) is 2. The molecule has 0 bridgehead atoms. The number of aromatic carboxylic acids is 1. The molecule has 0 aliphatic carbocycles. The van der Waals surface area contributed by atoms with Gasteiger partial charge in [0, 0.05) is 0 Å². The maximum Gasteiger partial charge on any atom is 0.335 e. The molecule has 0 fully saturated rings. The van der Waals surface area contributed by atoms with Crippen molar-refractivity contribution in [2.75, 3.05) is 5.32 Å². The van der Waals surface area contributed by atoms with E-state index < -0.39 is 12.1 Å². The largest absolute Gasteiger partial charge is 0.479 e. The summed E-state index contributed by atoms with van der Waals surface area (Å²) in [4.78, 5) is 21.9. The quantitative estimate of drug-likeness (QED) is 0.723. The van der Waals surface area contributed by atoms with E-state index in [0.717, 1.165) is 0 Å². The predicted octanol–water partition coefficient (Wildman–Crippen LogP) is 1.10. The third-order valence-corrected chi connectivity index (χ3v) is 2.16. The second kappa shape index (κ2) is 3.27. The van der Waals surface area contributed by atoms with Crippen molar-refractivity contribution in [2.24, 2.45) is 0 Å². The standard InChI is InChI=1S/C10H9NO4/c1-5-9(12)11-7-4-6(10(13)14)2-3-8(7)15-5/h2-5H,1H3,(H,11,12)(H,13,14)/t5-/m0/s1. The third kappa shape index (κ3) is 1.63. The maximum absolute atomic E-state index is 11.3. The molecule has 1 atom stereocenters. The van der Waals surface area contributed by atoms with Gasteiger partial charge in [-0.05, 0) is 25.1 Å². The topological polar surface area (TPSA) is 75.6 Å². The molecule has 0 saturated carbocycles. The Bertz CT molecular complexity index is 441. The molecule has 0 aromatic heterocycles. The zero-order valence-corrected chi connectivity index (χ0v) is 7.98. The fourth-order valence-corrected chi connectivity index (χ4v) is 1.34. The number of hydrogen-bond acceptors (Lipinski definition) is 3. The van der Waals surface area contributed by atoms with Gasteiger partial charge in [0.2, 0.25) is 0 Å². The van der Waals surface area contributed by atoms with Gasteiger partial charge in [-0.15, -0.1) is 0 Å². The average Bonchev–Trinajstić information content (AvgIpc) is 2.19. The van der Waals surface area contributed by atoms with E-state index in [2.05, 4.69) is 5.32 Å². The predicted molar refractivity (Wildman–Crippen MR) is 52.1 cm³/mol. The number of nitrogens with one attached hydrogen (secondary N) is 1. The van der Waals surface area contributed by atoms with Crippen molar-refractivity contribution in [3.63, 3.8) is 0 Å². The number of carboxylic acid groups (broad SMARTS) is 1. The van der Waals surface area contributed by atoms with Crippen LogP contribution in [0.25, 0.3) is 0 Å². The van der Waals surface area contributed by atoms with Gasteiger partial charge in [-0.1, -0.05) is 0 Å². The fourth-order valence-electron chi connectivity index (χ4n) is 1.34. The summed E-state index contributed by atoms with van der Waals surface area (Å²) in [5, 5.41) is 11.3. The van der Waals surface area contributed by atoms with Crippen LogP contribution in [0, 0.1) is 0 Å². The van der Waals surface area contributed by atoms with Gasteiger partial charge in [-0.2, -0.15) is 0 Å². The van der Waals surface area contributed by atoms with Crippen molar-refractivity contribution in [2.45, 2.75) is 13.0 Å². The van der Waals surface area contributed by atoms with Gasteiger partial charge in [0.15, 0.2) is 6.10 Å². The third-order valence-electron chi connectivity index (χ3n) is 2.16. The molecule has 1 aliphatic rings. The zero-order valence-electron chi connectivity index (χ0n) is 7.98. The second-order valence-electron chi connectivity index (χ2n) is 3.27. The van der Waals surface area contributed by atoms with E-state index in [1.54, 1.807) is 6.92 Å². The lowest BCUT2D eigenvalue weighted by atomic mass is 10.1. The Hall–Kier alpha value is -2.04. The van der Waals surface area contributed by atoms with Gasteiger partial charge in [0.05, 0.1) is 11.3 Å². The average molecular weight is 207 g/mol. The van der Waals surface area contributed by atoms with Crippen LogP contribution >= 0.6 is 0 Å². The van der Waals surface area contributed by atoms with Crippen LogP contribution in [0.1, 0.15) is 17.3 Å². The molecule has 0 radical (unpaired) electrons. The Morgan fingerprint density at radius 1 is 1.53 bits per heavy atom. The summed E-state index contributed by atoms with van der Waals surface area (Å²) >= 11 is 0. The molecular weight excluding hydrogens is 198 g/mol. The summed E-state index contributed by atoms with van der Waals surface area (Å²) in [5.74, 6) is -0.817. The molecule has 1 aliphatic heterocycles. The molecular formula is C10H9NO4. The Morgan fingerprint density at radius 2 is 2.27 bits per heavy atom. The van der Waals surface area contributed by atoms with Crippen LogP contribution in [0.4, 0.5) is 5.69 Å². The van der Waals surface area contributed by atoms with Crippen molar-refractivity contribution in [3.05, 3.63) is 23.8 Å². The summed E-state index contributed by atoms with van der Waals surface area (Å²) in [6.45, 7) is 1.63. The van der Waals surface area contributed by atoms with Gasteiger partial charge in [-0.3, -0.25) is 4.79 Å². The number of rotatable bonds is 1. The van der Waals surface area contributed by atoms with E-state index in [9.17, 15) is 9.59 Å². The van der Waals surface area contributed by atoms with Crippen LogP contribution in [-0.4, -0.2) is 23.1 Å². The number of carbonyl (C=O) groups excluding carboxylic acids is 1. The number of fused-ring (bicyclic) bond motifs is 1. The first kappa shape index (κ1) is 9.51. The van der Waals surface area contributed by atoms with E-state index in [-0.39, 0.29) is 11.5 Å². The highest BCUT2D eigenvalue weighted by Gasteiger charge is 2.23. The molecule has 1 heterocycles. The summed E-state index contributed by atoms with van der Waals surface area (Å²) in [6, 6.07) is 4.35. The van der Waals surface area contributed by atoms with Crippen molar-refractivity contribution >= 4 is 17.6 Å². The van der Waals surface area contributed by atoms with Crippen molar-refractivity contribution in [3.8, 4) is 5.75 Å². The number of anilines is 1. The van der Waals surface area contributed by atoms with Gasteiger partial charge < -0.3 is 15.2 Å². The monoisotopic (exact) mass is 207 g/mol. The highest BCUT2D eigenvalue weighted by molar-refractivity contribution is 5.99. The molecule has 0 saturated heterocycles. The summed E-state index contributed by atoms with van der Waals surface area (Å²) in [6.07, 6.45) is -0.548. The van der Waals surface area contributed by atoms with E-state index >= 15 is 0 Å². The Kier molecular flexibility index (Phi) is 2.07. The van der Waals surface area contributed by atoms with Gasteiger partial charge >= 0.3 is 5.97 Å². The molecule has 0 spiro atoms. The molecule has 15 heavy (non-hydrogen) atoms. The zero-order chi connectivity index (χ0) is 11.0. The van der Waals surface area contributed by atoms with Gasteiger partial charge in [0.25, 0.3) is 5.91 Å². The lowest BCUT2D eigenvalue weighted by molar-refractivity contribution is -0.122. The molecule has 78 valence electrons. The van der Waals surface area contributed by atoms with E-state index in [1.165, 1.54) is 18.2 Å². The van der Waals surface area contributed by atoms with Crippen LogP contribution < -0.4 is 10.1 Å². The fraction of sp³-hybridized carbons (Fsp3) is 0.200. The summed E-state index contributed by atoms with van der Waals surface area (Å²) < 4.78 is 5.27.